The second-order valence-electron chi connectivity index (χ2n) is 6.96. The third-order valence-electron chi connectivity index (χ3n) is 5.73. The van der Waals surface area contributed by atoms with Gasteiger partial charge in [0.1, 0.15) is 17.3 Å². The number of carbonyl (C=O) groups excluding carboxylic acids is 4. The van der Waals surface area contributed by atoms with E-state index >= 15 is 0 Å². The predicted octanol–water partition coefficient (Wildman–Crippen LogP) is -0.260. The molecule has 0 aliphatic heterocycles. The molecular formula is C18H24O10. The maximum atomic E-state index is 12.6. The van der Waals surface area contributed by atoms with E-state index < -0.39 is 64.8 Å². The van der Waals surface area contributed by atoms with Crippen molar-refractivity contribution in [1.82, 2.24) is 0 Å². The van der Waals surface area contributed by atoms with Crippen molar-refractivity contribution >= 4 is 23.9 Å². The fourth-order valence-corrected chi connectivity index (χ4v) is 4.66. The van der Waals surface area contributed by atoms with Crippen molar-refractivity contribution < 1.29 is 48.3 Å². The smallest absolute Gasteiger partial charge is 0.337 e. The number of esters is 4. The second-order valence-corrected chi connectivity index (χ2v) is 6.96. The number of hydrogen-bond acceptors (Lipinski definition) is 10. The van der Waals surface area contributed by atoms with Gasteiger partial charge in [-0.2, -0.15) is 0 Å². The summed E-state index contributed by atoms with van der Waals surface area (Å²) in [5, 5.41) is 22.4. The number of aliphatic hydroxyl groups is 2. The average Bonchev–Trinajstić information content (AvgIpc) is 2.65. The lowest BCUT2D eigenvalue weighted by molar-refractivity contribution is -0.212. The summed E-state index contributed by atoms with van der Waals surface area (Å²) in [7, 11) is 4.26. The highest BCUT2D eigenvalue weighted by Crippen LogP contribution is 2.57. The van der Waals surface area contributed by atoms with Gasteiger partial charge in [0.05, 0.1) is 45.8 Å². The van der Waals surface area contributed by atoms with Crippen LogP contribution in [0.4, 0.5) is 0 Å². The number of methoxy groups -OCH3 is 4. The lowest BCUT2D eigenvalue weighted by Crippen LogP contribution is -2.68. The van der Waals surface area contributed by atoms with Gasteiger partial charge in [-0.25, -0.2) is 4.79 Å². The monoisotopic (exact) mass is 400 g/mol. The molecule has 0 radical (unpaired) electrons. The SMILES string of the molecule is COC(=O)C1=C(O)C(C(=O)OC)[C@@]2(O)[C@@H](C(=O)OC)[C@H](C)C[C@@H]1[C@@H]2C(=O)OC. The summed E-state index contributed by atoms with van der Waals surface area (Å²) in [6, 6.07) is 0. The molecule has 1 saturated carbocycles. The highest BCUT2D eigenvalue weighted by atomic mass is 16.5. The average molecular weight is 400 g/mol. The van der Waals surface area contributed by atoms with Gasteiger partial charge in [0.2, 0.25) is 0 Å². The van der Waals surface area contributed by atoms with Gasteiger partial charge in [0, 0.05) is 5.92 Å². The van der Waals surface area contributed by atoms with Crippen LogP contribution in [0.15, 0.2) is 11.3 Å². The Bertz CT molecular complexity index is 726. The van der Waals surface area contributed by atoms with Crippen LogP contribution >= 0.6 is 0 Å². The van der Waals surface area contributed by atoms with Crippen LogP contribution in [0.2, 0.25) is 0 Å². The number of ether oxygens (including phenoxy) is 4. The molecule has 1 unspecified atom stereocenters. The van der Waals surface area contributed by atoms with Gasteiger partial charge in [-0.3, -0.25) is 14.4 Å². The van der Waals surface area contributed by atoms with E-state index in [4.69, 9.17) is 14.2 Å². The number of fused-ring (bicyclic) bond motifs is 2. The standard InChI is InChI=1S/C18H24O10/c1-7-6-8-9(14(20)25-2)13(19)12(17(23)28-5)18(24,10(7)15(21)26-3)11(8)16(22)27-4/h7-8,10-12,19,24H,6H2,1-5H3/t7-,8+,10-,11-,12?,18-/m1/s1. The van der Waals surface area contributed by atoms with Crippen LogP contribution in [0, 0.1) is 29.6 Å². The van der Waals surface area contributed by atoms with Crippen molar-refractivity contribution in [2.75, 3.05) is 28.4 Å². The molecule has 0 aromatic carbocycles. The van der Waals surface area contributed by atoms with E-state index in [-0.39, 0.29) is 12.0 Å². The first-order valence-corrected chi connectivity index (χ1v) is 8.58. The molecule has 2 aliphatic carbocycles. The fourth-order valence-electron chi connectivity index (χ4n) is 4.66. The van der Waals surface area contributed by atoms with E-state index in [1.807, 2.05) is 0 Å². The minimum atomic E-state index is -2.43. The van der Waals surface area contributed by atoms with E-state index in [9.17, 15) is 29.4 Å². The first-order valence-electron chi connectivity index (χ1n) is 8.58. The van der Waals surface area contributed by atoms with Crippen LogP contribution in [-0.4, -0.2) is 68.1 Å². The molecule has 6 atom stereocenters. The summed E-state index contributed by atoms with van der Waals surface area (Å²) >= 11 is 0. The van der Waals surface area contributed by atoms with E-state index in [2.05, 4.69) is 4.74 Å². The molecule has 2 N–H and O–H groups in total. The van der Waals surface area contributed by atoms with Crippen LogP contribution in [0.5, 0.6) is 0 Å². The molecule has 0 aromatic heterocycles. The third-order valence-corrected chi connectivity index (χ3v) is 5.73. The van der Waals surface area contributed by atoms with E-state index in [1.165, 1.54) is 0 Å². The Kier molecular flexibility index (Phi) is 6.03. The normalized spacial score (nSPS) is 34.3. The molecule has 28 heavy (non-hydrogen) atoms. The molecule has 0 spiro atoms. The van der Waals surface area contributed by atoms with E-state index in [0.29, 0.717) is 0 Å². The first-order chi connectivity index (χ1) is 13.1. The number of aliphatic hydroxyl groups excluding tert-OH is 1. The molecule has 0 saturated heterocycles. The maximum absolute atomic E-state index is 12.6. The minimum Gasteiger partial charge on any atom is -0.511 e. The zero-order chi connectivity index (χ0) is 21.4. The van der Waals surface area contributed by atoms with Gasteiger partial charge in [-0.05, 0) is 12.3 Å². The van der Waals surface area contributed by atoms with Crippen LogP contribution < -0.4 is 0 Å². The third kappa shape index (κ3) is 2.92. The van der Waals surface area contributed by atoms with Crippen LogP contribution in [0.1, 0.15) is 13.3 Å². The number of rotatable bonds is 4. The molecule has 156 valence electrons. The molecule has 2 aliphatic rings. The minimum absolute atomic E-state index is 0.0598. The molecule has 0 aromatic rings. The topological polar surface area (TPSA) is 146 Å². The molecule has 1 fully saturated rings. The molecule has 0 heterocycles. The lowest BCUT2D eigenvalue weighted by atomic mass is 9.50. The predicted molar refractivity (Wildman–Crippen MR) is 90.4 cm³/mol. The van der Waals surface area contributed by atoms with Crippen molar-refractivity contribution in [3.8, 4) is 0 Å². The molecular weight excluding hydrogens is 376 g/mol. The summed E-state index contributed by atoms with van der Waals surface area (Å²) in [6.07, 6.45) is 0.0598. The van der Waals surface area contributed by atoms with Gasteiger partial charge in [-0.15, -0.1) is 0 Å². The first kappa shape index (κ1) is 21.7. The lowest BCUT2D eigenvalue weighted by Gasteiger charge is -2.54. The van der Waals surface area contributed by atoms with Crippen LogP contribution in [-0.2, 0) is 38.1 Å². The molecule has 10 heteroatoms. The van der Waals surface area contributed by atoms with Crippen molar-refractivity contribution in [2.24, 2.45) is 29.6 Å². The Labute approximate surface area is 161 Å². The van der Waals surface area contributed by atoms with Gasteiger partial charge >= 0.3 is 23.9 Å². The fraction of sp³-hybridized carbons (Fsp3) is 0.667. The van der Waals surface area contributed by atoms with Crippen molar-refractivity contribution in [1.29, 1.82) is 0 Å². The van der Waals surface area contributed by atoms with Gasteiger partial charge in [0.25, 0.3) is 0 Å². The summed E-state index contributed by atoms with van der Waals surface area (Å²) in [5.41, 5.74) is -2.76. The Balaban J connectivity index is 2.89. The van der Waals surface area contributed by atoms with Crippen molar-refractivity contribution in [3.05, 3.63) is 11.3 Å². The van der Waals surface area contributed by atoms with Gasteiger partial charge in [-0.1, -0.05) is 6.92 Å². The van der Waals surface area contributed by atoms with Gasteiger partial charge in [0.15, 0.2) is 0 Å². The maximum Gasteiger partial charge on any atom is 0.337 e. The Hall–Kier alpha value is -2.62. The molecule has 2 rings (SSSR count). The summed E-state index contributed by atoms with van der Waals surface area (Å²) in [5.74, 6) is -11.1. The Morgan fingerprint density at radius 3 is 1.86 bits per heavy atom. The number of hydrogen-bond donors (Lipinski definition) is 2. The quantitative estimate of drug-likeness (QED) is 0.478. The second kappa shape index (κ2) is 7.78. The Morgan fingerprint density at radius 1 is 0.893 bits per heavy atom. The zero-order valence-electron chi connectivity index (χ0n) is 16.3. The molecule has 0 amide bonds. The van der Waals surface area contributed by atoms with Gasteiger partial charge < -0.3 is 29.2 Å². The highest BCUT2D eigenvalue weighted by Gasteiger charge is 2.70. The van der Waals surface area contributed by atoms with E-state index in [1.54, 1.807) is 6.92 Å². The summed E-state index contributed by atoms with van der Waals surface area (Å²) in [6.45, 7) is 1.61. The van der Waals surface area contributed by atoms with Crippen LogP contribution in [0.25, 0.3) is 0 Å². The highest BCUT2D eigenvalue weighted by molar-refractivity contribution is 5.95. The van der Waals surface area contributed by atoms with E-state index in [0.717, 1.165) is 28.4 Å². The van der Waals surface area contributed by atoms with Crippen molar-refractivity contribution in [2.45, 2.75) is 18.9 Å². The van der Waals surface area contributed by atoms with Crippen molar-refractivity contribution in [3.63, 3.8) is 0 Å². The molecule has 2 bridgehead atoms. The van der Waals surface area contributed by atoms with Crippen LogP contribution in [0.3, 0.4) is 0 Å². The summed E-state index contributed by atoms with van der Waals surface area (Å²) in [4.78, 5) is 50.0. The molecule has 10 nitrogen and oxygen atoms in total. The zero-order valence-corrected chi connectivity index (χ0v) is 16.3. The Morgan fingerprint density at radius 2 is 1.39 bits per heavy atom. The largest absolute Gasteiger partial charge is 0.511 e. The summed E-state index contributed by atoms with van der Waals surface area (Å²) < 4.78 is 19.0. The number of carbonyl (C=O) groups is 4.